The van der Waals surface area contributed by atoms with Crippen molar-refractivity contribution in [1.29, 1.82) is 0 Å². The van der Waals surface area contributed by atoms with E-state index < -0.39 is 6.36 Å². The van der Waals surface area contributed by atoms with Gasteiger partial charge in [0.1, 0.15) is 5.75 Å². The largest absolute Gasteiger partial charge is 0.573 e. The summed E-state index contributed by atoms with van der Waals surface area (Å²) in [6.45, 7) is 3.14. The third-order valence-corrected chi connectivity index (χ3v) is 3.91. The summed E-state index contributed by atoms with van der Waals surface area (Å²) in [6, 6.07) is 5.66. The first-order valence-electron chi connectivity index (χ1n) is 8.03. The molecule has 1 aromatic carbocycles. The summed E-state index contributed by atoms with van der Waals surface area (Å²) < 4.78 is 45.3. The highest BCUT2D eigenvalue weighted by Crippen LogP contribution is 2.24. The first kappa shape index (κ1) is 19.3. The quantitative estimate of drug-likeness (QED) is 0.577. The summed E-state index contributed by atoms with van der Waals surface area (Å²) in [4.78, 5) is 6.65. The Morgan fingerprint density at radius 1 is 1.36 bits per heavy atom. The molecule has 0 saturated carbocycles. The lowest BCUT2D eigenvalue weighted by Crippen LogP contribution is -2.35. The molecule has 0 spiro atoms. The molecule has 0 bridgehead atoms. The maximum atomic E-state index is 12.1. The van der Waals surface area contributed by atoms with Crippen molar-refractivity contribution in [2.75, 3.05) is 38.7 Å². The number of nitrogens with one attached hydrogen (secondary N) is 1. The molecule has 1 unspecified atom stereocenters. The number of aliphatic imine (C=N–C) groups is 1. The van der Waals surface area contributed by atoms with E-state index in [1.807, 2.05) is 0 Å². The van der Waals surface area contributed by atoms with Crippen LogP contribution in [0.5, 0.6) is 5.75 Å². The van der Waals surface area contributed by atoms with Crippen LogP contribution >= 0.6 is 0 Å². The first-order chi connectivity index (χ1) is 11.9. The highest BCUT2D eigenvalue weighted by molar-refractivity contribution is 5.92. The highest BCUT2D eigenvalue weighted by Gasteiger charge is 2.31. The number of likely N-dealkylation sites (tertiary alicyclic amines) is 1. The van der Waals surface area contributed by atoms with E-state index in [1.165, 1.54) is 24.3 Å². The Bertz CT molecular complexity index is 563. The minimum absolute atomic E-state index is 0.225. The van der Waals surface area contributed by atoms with Gasteiger partial charge in [-0.15, -0.1) is 13.2 Å². The van der Waals surface area contributed by atoms with Gasteiger partial charge in [0.25, 0.3) is 0 Å². The average Bonchev–Trinajstić information content (AvgIpc) is 2.99. The molecule has 1 heterocycles. The van der Waals surface area contributed by atoms with Crippen LogP contribution in [0.4, 0.5) is 18.9 Å². The standard InChI is InChI=1S/C16H23F3N4O2/c1-24-10-9-23-8-2-3-13(23)11-21-15(20)22-12-4-6-14(7-5-12)25-16(17,18)19/h4-7,13H,2-3,8-11H2,1H3,(H3,20,21,22). The number of hydrogen-bond donors (Lipinski definition) is 2. The Labute approximate surface area is 144 Å². The number of benzene rings is 1. The van der Waals surface area contributed by atoms with Gasteiger partial charge >= 0.3 is 6.36 Å². The molecule has 3 N–H and O–H groups in total. The normalized spacial score (nSPS) is 19.2. The molecule has 25 heavy (non-hydrogen) atoms. The average molecular weight is 360 g/mol. The Kier molecular flexibility index (Phi) is 6.89. The fourth-order valence-electron chi connectivity index (χ4n) is 2.74. The number of ether oxygens (including phenoxy) is 2. The fourth-order valence-corrected chi connectivity index (χ4v) is 2.74. The van der Waals surface area contributed by atoms with Gasteiger partial charge in [0.2, 0.25) is 0 Å². The van der Waals surface area contributed by atoms with E-state index in [1.54, 1.807) is 7.11 Å². The molecular weight excluding hydrogens is 337 g/mol. The molecule has 6 nitrogen and oxygen atoms in total. The van der Waals surface area contributed by atoms with E-state index in [0.717, 1.165) is 25.9 Å². The molecule has 2 rings (SSSR count). The summed E-state index contributed by atoms with van der Waals surface area (Å²) >= 11 is 0. The van der Waals surface area contributed by atoms with E-state index >= 15 is 0 Å². The Balaban J connectivity index is 1.84. The molecular formula is C16H23F3N4O2. The lowest BCUT2D eigenvalue weighted by Gasteiger charge is -2.22. The Hall–Kier alpha value is -2.00. The third kappa shape index (κ3) is 6.79. The van der Waals surface area contributed by atoms with Crippen molar-refractivity contribution in [3.05, 3.63) is 24.3 Å². The van der Waals surface area contributed by atoms with E-state index in [4.69, 9.17) is 10.5 Å². The molecule has 1 atom stereocenters. The van der Waals surface area contributed by atoms with Crippen LogP contribution in [0.25, 0.3) is 0 Å². The van der Waals surface area contributed by atoms with Crippen molar-refractivity contribution in [3.8, 4) is 5.75 Å². The molecule has 1 aromatic rings. The van der Waals surface area contributed by atoms with Gasteiger partial charge in [-0.05, 0) is 43.7 Å². The fraction of sp³-hybridized carbons (Fsp3) is 0.562. The number of anilines is 1. The lowest BCUT2D eigenvalue weighted by molar-refractivity contribution is -0.274. The van der Waals surface area contributed by atoms with E-state index in [9.17, 15) is 13.2 Å². The Morgan fingerprint density at radius 2 is 2.08 bits per heavy atom. The van der Waals surface area contributed by atoms with Gasteiger partial charge < -0.3 is 20.5 Å². The van der Waals surface area contributed by atoms with Crippen LogP contribution in [0.1, 0.15) is 12.8 Å². The number of halogens is 3. The molecule has 1 aliphatic rings. The zero-order valence-electron chi connectivity index (χ0n) is 14.1. The molecule has 0 radical (unpaired) electrons. The summed E-state index contributed by atoms with van der Waals surface area (Å²) in [6.07, 6.45) is -2.52. The number of methoxy groups -OCH3 is 1. The highest BCUT2D eigenvalue weighted by atomic mass is 19.4. The summed E-state index contributed by atoms with van der Waals surface area (Å²) in [5.74, 6) is -0.0589. The van der Waals surface area contributed by atoms with Gasteiger partial charge in [-0.25, -0.2) is 0 Å². The van der Waals surface area contributed by atoms with Crippen molar-refractivity contribution in [2.45, 2.75) is 25.2 Å². The molecule has 1 fully saturated rings. The number of rotatable bonds is 7. The summed E-state index contributed by atoms with van der Waals surface area (Å²) in [5, 5.41) is 2.86. The zero-order valence-corrected chi connectivity index (χ0v) is 14.1. The van der Waals surface area contributed by atoms with Crippen LogP contribution in [0, 0.1) is 0 Å². The SMILES string of the molecule is COCCN1CCCC1CN=C(N)Nc1ccc(OC(F)(F)F)cc1. The molecule has 0 aliphatic carbocycles. The second kappa shape index (κ2) is 8.91. The van der Waals surface area contributed by atoms with Crippen LogP contribution in [-0.2, 0) is 4.74 Å². The predicted molar refractivity (Wildman–Crippen MR) is 89.7 cm³/mol. The second-order valence-electron chi connectivity index (χ2n) is 5.75. The molecule has 1 aliphatic heterocycles. The number of nitrogens with two attached hydrogens (primary N) is 1. The van der Waals surface area contributed by atoms with Gasteiger partial charge in [0, 0.05) is 25.4 Å². The third-order valence-electron chi connectivity index (χ3n) is 3.91. The maximum Gasteiger partial charge on any atom is 0.573 e. The molecule has 140 valence electrons. The number of hydrogen-bond acceptors (Lipinski definition) is 4. The molecule has 0 amide bonds. The zero-order chi connectivity index (χ0) is 18.3. The Morgan fingerprint density at radius 3 is 2.72 bits per heavy atom. The lowest BCUT2D eigenvalue weighted by atomic mass is 10.2. The summed E-state index contributed by atoms with van der Waals surface area (Å²) in [7, 11) is 1.68. The van der Waals surface area contributed by atoms with Crippen LogP contribution in [-0.4, -0.2) is 56.6 Å². The van der Waals surface area contributed by atoms with Crippen LogP contribution in [0.3, 0.4) is 0 Å². The molecule has 1 saturated heterocycles. The number of guanidine groups is 1. The van der Waals surface area contributed by atoms with Crippen LogP contribution in [0.15, 0.2) is 29.3 Å². The van der Waals surface area contributed by atoms with E-state index in [2.05, 4.69) is 19.9 Å². The molecule has 0 aromatic heterocycles. The van der Waals surface area contributed by atoms with Gasteiger partial charge in [-0.2, -0.15) is 0 Å². The smallest absolute Gasteiger partial charge is 0.406 e. The van der Waals surface area contributed by atoms with Crippen molar-refractivity contribution in [3.63, 3.8) is 0 Å². The topological polar surface area (TPSA) is 72.1 Å². The van der Waals surface area contributed by atoms with E-state index in [-0.39, 0.29) is 11.7 Å². The second-order valence-corrected chi connectivity index (χ2v) is 5.75. The van der Waals surface area contributed by atoms with Gasteiger partial charge in [-0.1, -0.05) is 0 Å². The number of alkyl halides is 3. The van der Waals surface area contributed by atoms with E-state index in [0.29, 0.717) is 24.9 Å². The van der Waals surface area contributed by atoms with Gasteiger partial charge in [0.05, 0.1) is 13.2 Å². The monoisotopic (exact) mass is 360 g/mol. The van der Waals surface area contributed by atoms with Crippen molar-refractivity contribution < 1.29 is 22.6 Å². The molecule has 9 heteroatoms. The van der Waals surface area contributed by atoms with Crippen LogP contribution in [0.2, 0.25) is 0 Å². The maximum absolute atomic E-state index is 12.1. The van der Waals surface area contributed by atoms with Crippen molar-refractivity contribution in [1.82, 2.24) is 4.90 Å². The van der Waals surface area contributed by atoms with Crippen LogP contribution < -0.4 is 15.8 Å². The number of nitrogens with zero attached hydrogens (tertiary/aromatic N) is 2. The minimum Gasteiger partial charge on any atom is -0.406 e. The van der Waals surface area contributed by atoms with Gasteiger partial charge in [0.15, 0.2) is 5.96 Å². The minimum atomic E-state index is -4.70. The van der Waals surface area contributed by atoms with Crippen molar-refractivity contribution in [2.24, 2.45) is 10.7 Å². The predicted octanol–water partition coefficient (Wildman–Crippen LogP) is 2.42. The summed E-state index contributed by atoms with van der Waals surface area (Å²) in [5.41, 5.74) is 6.39. The van der Waals surface area contributed by atoms with Gasteiger partial charge in [-0.3, -0.25) is 9.89 Å². The van der Waals surface area contributed by atoms with Crippen molar-refractivity contribution >= 4 is 11.6 Å². The first-order valence-corrected chi connectivity index (χ1v) is 8.03.